The number of rotatable bonds is 5. The zero-order valence-corrected chi connectivity index (χ0v) is 12.5. The molecule has 0 saturated heterocycles. The fourth-order valence-electron chi connectivity index (χ4n) is 1.98. The van der Waals surface area contributed by atoms with E-state index >= 15 is 0 Å². The van der Waals surface area contributed by atoms with Crippen molar-refractivity contribution < 1.29 is 9.53 Å². The van der Waals surface area contributed by atoms with E-state index in [1.165, 1.54) is 0 Å². The molecule has 0 aromatic heterocycles. The molecule has 1 amide bonds. The number of nitrogen functional groups attached to an aromatic ring is 1. The smallest absolute Gasteiger partial charge is 0.253 e. The van der Waals surface area contributed by atoms with Crippen LogP contribution in [0.5, 0.6) is 5.75 Å². The van der Waals surface area contributed by atoms with Gasteiger partial charge in [0.15, 0.2) is 0 Å². The van der Waals surface area contributed by atoms with Gasteiger partial charge in [-0.15, -0.1) is 0 Å². The molecule has 0 radical (unpaired) electrons. The molecule has 110 valence electrons. The molecular formula is C16H17ClN2O2. The number of hydrogen-bond acceptors (Lipinski definition) is 3. The molecule has 5 heteroatoms. The Labute approximate surface area is 128 Å². The number of carbonyl (C=O) groups excluding carboxylic acids is 1. The van der Waals surface area contributed by atoms with Crippen molar-refractivity contribution in [1.29, 1.82) is 0 Å². The molecule has 0 atom stereocenters. The van der Waals surface area contributed by atoms with Gasteiger partial charge in [-0.05, 0) is 36.2 Å². The summed E-state index contributed by atoms with van der Waals surface area (Å²) in [6.07, 6.45) is 0.712. The summed E-state index contributed by atoms with van der Waals surface area (Å²) in [5.41, 5.74) is 7.59. The van der Waals surface area contributed by atoms with Crippen LogP contribution < -0.4 is 15.8 Å². The summed E-state index contributed by atoms with van der Waals surface area (Å²) in [4.78, 5) is 12.1. The quantitative estimate of drug-likeness (QED) is 0.835. The third-order valence-corrected chi connectivity index (χ3v) is 3.46. The lowest BCUT2D eigenvalue weighted by atomic mass is 10.1. The lowest BCUT2D eigenvalue weighted by molar-refractivity contribution is 0.0955. The molecule has 0 heterocycles. The maximum atomic E-state index is 12.1. The van der Waals surface area contributed by atoms with Crippen molar-refractivity contribution in [1.82, 2.24) is 5.32 Å². The van der Waals surface area contributed by atoms with Crippen molar-refractivity contribution >= 4 is 23.2 Å². The summed E-state index contributed by atoms with van der Waals surface area (Å²) in [7, 11) is 1.63. The van der Waals surface area contributed by atoms with Gasteiger partial charge in [-0.1, -0.05) is 29.8 Å². The van der Waals surface area contributed by atoms with Crippen LogP contribution in [0.25, 0.3) is 0 Å². The van der Waals surface area contributed by atoms with Gasteiger partial charge >= 0.3 is 0 Å². The van der Waals surface area contributed by atoms with Crippen molar-refractivity contribution in [3.8, 4) is 5.75 Å². The average Bonchev–Trinajstić information content (AvgIpc) is 2.50. The number of carbonyl (C=O) groups is 1. The third kappa shape index (κ3) is 3.89. The Morgan fingerprint density at radius 1 is 1.29 bits per heavy atom. The van der Waals surface area contributed by atoms with Crippen molar-refractivity contribution in [3.05, 3.63) is 58.6 Å². The van der Waals surface area contributed by atoms with Crippen LogP contribution in [0.2, 0.25) is 5.02 Å². The predicted molar refractivity (Wildman–Crippen MR) is 84.9 cm³/mol. The SMILES string of the molecule is COc1cccc(CCNC(=O)c2cccc(Cl)c2N)c1. The Morgan fingerprint density at radius 3 is 2.81 bits per heavy atom. The predicted octanol–water partition coefficient (Wildman–Crippen LogP) is 2.90. The highest BCUT2D eigenvalue weighted by Crippen LogP contribution is 2.22. The van der Waals surface area contributed by atoms with Gasteiger partial charge in [-0.25, -0.2) is 0 Å². The Balaban J connectivity index is 1.94. The van der Waals surface area contributed by atoms with Gasteiger partial charge < -0.3 is 15.8 Å². The van der Waals surface area contributed by atoms with Crippen molar-refractivity contribution in [3.63, 3.8) is 0 Å². The summed E-state index contributed by atoms with van der Waals surface area (Å²) in [5.74, 6) is 0.579. The molecule has 2 aromatic carbocycles. The second kappa shape index (κ2) is 6.99. The summed E-state index contributed by atoms with van der Waals surface area (Å²) in [6.45, 7) is 0.512. The first-order valence-corrected chi connectivity index (χ1v) is 6.94. The molecule has 0 aliphatic heterocycles. The number of nitrogens with one attached hydrogen (secondary N) is 1. The van der Waals surface area contributed by atoms with Crippen LogP contribution >= 0.6 is 11.6 Å². The van der Waals surface area contributed by atoms with Crippen molar-refractivity contribution in [2.24, 2.45) is 0 Å². The second-order valence-electron chi connectivity index (χ2n) is 4.56. The van der Waals surface area contributed by atoms with Gasteiger partial charge in [0, 0.05) is 6.54 Å². The highest BCUT2D eigenvalue weighted by atomic mass is 35.5. The highest BCUT2D eigenvalue weighted by Gasteiger charge is 2.11. The number of anilines is 1. The number of hydrogen-bond donors (Lipinski definition) is 2. The number of nitrogens with two attached hydrogens (primary N) is 1. The lowest BCUT2D eigenvalue weighted by Crippen LogP contribution is -2.26. The van der Waals surface area contributed by atoms with E-state index in [-0.39, 0.29) is 5.91 Å². The normalized spacial score (nSPS) is 10.2. The van der Waals surface area contributed by atoms with E-state index in [0.29, 0.717) is 29.2 Å². The van der Waals surface area contributed by atoms with Crippen LogP contribution in [-0.2, 0) is 6.42 Å². The number of benzene rings is 2. The van der Waals surface area contributed by atoms with Gasteiger partial charge in [0.25, 0.3) is 5.91 Å². The van der Waals surface area contributed by atoms with E-state index in [1.807, 2.05) is 24.3 Å². The number of amides is 1. The lowest BCUT2D eigenvalue weighted by Gasteiger charge is -2.09. The molecule has 0 bridgehead atoms. The maximum Gasteiger partial charge on any atom is 0.253 e. The molecule has 0 spiro atoms. The van der Waals surface area contributed by atoms with Crippen LogP contribution in [0.1, 0.15) is 15.9 Å². The first kappa shape index (κ1) is 15.2. The number of halogens is 1. The monoisotopic (exact) mass is 304 g/mol. The average molecular weight is 305 g/mol. The standard InChI is InChI=1S/C16H17ClN2O2/c1-21-12-5-2-4-11(10-12)8-9-19-16(20)13-6-3-7-14(17)15(13)18/h2-7,10H,8-9,18H2,1H3,(H,19,20). The molecule has 0 unspecified atom stereocenters. The van der Waals surface area contributed by atoms with Gasteiger partial charge in [0.2, 0.25) is 0 Å². The summed E-state index contributed by atoms with van der Waals surface area (Å²) < 4.78 is 5.16. The summed E-state index contributed by atoms with van der Waals surface area (Å²) >= 11 is 5.90. The molecule has 2 rings (SSSR count). The first-order valence-electron chi connectivity index (χ1n) is 6.57. The maximum absolute atomic E-state index is 12.1. The number of ether oxygens (including phenoxy) is 1. The molecule has 2 aromatic rings. The van der Waals surface area contributed by atoms with Crippen LogP contribution in [-0.4, -0.2) is 19.6 Å². The zero-order chi connectivity index (χ0) is 15.2. The van der Waals surface area contributed by atoms with E-state index in [0.717, 1.165) is 11.3 Å². The van der Waals surface area contributed by atoms with E-state index in [1.54, 1.807) is 25.3 Å². The minimum Gasteiger partial charge on any atom is -0.497 e. The Kier molecular flexibility index (Phi) is 5.06. The Bertz CT molecular complexity index is 644. The van der Waals surface area contributed by atoms with E-state index in [2.05, 4.69) is 5.32 Å². The molecule has 4 nitrogen and oxygen atoms in total. The molecule has 0 aliphatic rings. The van der Waals surface area contributed by atoms with Crippen molar-refractivity contribution in [2.75, 3.05) is 19.4 Å². The molecule has 0 fully saturated rings. The van der Waals surface area contributed by atoms with Crippen LogP contribution in [0.4, 0.5) is 5.69 Å². The summed E-state index contributed by atoms with van der Waals surface area (Å²) in [6, 6.07) is 12.8. The van der Waals surface area contributed by atoms with Crippen LogP contribution in [0.3, 0.4) is 0 Å². The summed E-state index contributed by atoms with van der Waals surface area (Å²) in [5, 5.41) is 3.22. The van der Waals surface area contributed by atoms with E-state index in [4.69, 9.17) is 22.1 Å². The third-order valence-electron chi connectivity index (χ3n) is 3.13. The highest BCUT2D eigenvalue weighted by molar-refractivity contribution is 6.33. The largest absolute Gasteiger partial charge is 0.497 e. The van der Waals surface area contributed by atoms with Crippen LogP contribution in [0, 0.1) is 0 Å². The first-order chi connectivity index (χ1) is 10.1. The van der Waals surface area contributed by atoms with Gasteiger partial charge in [0.05, 0.1) is 23.4 Å². The minimum absolute atomic E-state index is 0.224. The minimum atomic E-state index is -0.224. The van der Waals surface area contributed by atoms with Crippen molar-refractivity contribution in [2.45, 2.75) is 6.42 Å². The zero-order valence-electron chi connectivity index (χ0n) is 11.7. The van der Waals surface area contributed by atoms with Gasteiger partial charge in [-0.2, -0.15) is 0 Å². The van der Waals surface area contributed by atoms with Gasteiger partial charge in [-0.3, -0.25) is 4.79 Å². The second-order valence-corrected chi connectivity index (χ2v) is 4.97. The van der Waals surface area contributed by atoms with E-state index in [9.17, 15) is 4.79 Å². The van der Waals surface area contributed by atoms with Gasteiger partial charge in [0.1, 0.15) is 5.75 Å². The fraction of sp³-hybridized carbons (Fsp3) is 0.188. The van der Waals surface area contributed by atoms with E-state index < -0.39 is 0 Å². The Hall–Kier alpha value is -2.20. The molecule has 21 heavy (non-hydrogen) atoms. The number of methoxy groups -OCH3 is 1. The topological polar surface area (TPSA) is 64.3 Å². The number of para-hydroxylation sites is 1. The Morgan fingerprint density at radius 2 is 2.05 bits per heavy atom. The molecule has 3 N–H and O–H groups in total. The van der Waals surface area contributed by atoms with Crippen LogP contribution in [0.15, 0.2) is 42.5 Å². The molecule has 0 saturated carbocycles. The molecule has 0 aliphatic carbocycles. The fourth-order valence-corrected chi connectivity index (χ4v) is 2.15. The molecular weight excluding hydrogens is 288 g/mol.